The normalized spacial score (nSPS) is 13.0. The van der Waals surface area contributed by atoms with Gasteiger partial charge in [-0.15, -0.1) is 0 Å². The molecule has 0 saturated carbocycles. The summed E-state index contributed by atoms with van der Waals surface area (Å²) in [6, 6.07) is -1.36. The van der Waals surface area contributed by atoms with Crippen LogP contribution in [-0.2, 0) is 24.5 Å². The van der Waals surface area contributed by atoms with Crippen LogP contribution in [0.1, 0.15) is 26.2 Å². The topological polar surface area (TPSA) is 122 Å². The Morgan fingerprint density at radius 3 is 2.44 bits per heavy atom. The van der Waals surface area contributed by atoms with Gasteiger partial charge in [0.2, 0.25) is 0 Å². The molecule has 0 aromatic rings. The van der Waals surface area contributed by atoms with Crippen LogP contribution in [0.4, 0.5) is 0 Å². The van der Waals surface area contributed by atoms with Crippen molar-refractivity contribution in [3.63, 3.8) is 0 Å². The minimum absolute atomic E-state index is 0.172. The minimum Gasteiger partial charge on any atom is -0.480 e. The molecule has 0 aliphatic carbocycles. The van der Waals surface area contributed by atoms with Crippen molar-refractivity contribution < 1.29 is 27.9 Å². The number of rotatable bonds is 9. The first-order valence-corrected chi connectivity index (χ1v) is 6.87. The van der Waals surface area contributed by atoms with Gasteiger partial charge in [0.25, 0.3) is 10.2 Å². The maximum Gasteiger partial charge on any atom is 0.321 e. The average Bonchev–Trinajstić information content (AvgIpc) is 2.31. The summed E-state index contributed by atoms with van der Waals surface area (Å²) in [5.74, 6) is -1.94. The fourth-order valence-electron chi connectivity index (χ4n) is 1.06. The van der Waals surface area contributed by atoms with Crippen LogP contribution in [0.2, 0.25) is 0 Å². The van der Waals surface area contributed by atoms with Crippen LogP contribution < -0.4 is 9.44 Å². The Balaban J connectivity index is 4.44. The van der Waals surface area contributed by atoms with Gasteiger partial charge in [-0.25, -0.2) is 4.72 Å². The SMILES string of the molecule is CCCNS(=O)(=O)N[C@@H](CCC(=O)OC)C(=O)O. The summed E-state index contributed by atoms with van der Waals surface area (Å²) in [5, 5.41) is 8.84. The molecule has 9 heteroatoms. The van der Waals surface area contributed by atoms with Gasteiger partial charge >= 0.3 is 11.9 Å². The smallest absolute Gasteiger partial charge is 0.321 e. The van der Waals surface area contributed by atoms with Gasteiger partial charge in [-0.2, -0.15) is 13.1 Å². The van der Waals surface area contributed by atoms with Gasteiger partial charge in [0.15, 0.2) is 0 Å². The summed E-state index contributed by atoms with van der Waals surface area (Å²) in [5.41, 5.74) is 0. The van der Waals surface area contributed by atoms with E-state index in [0.29, 0.717) is 6.42 Å². The van der Waals surface area contributed by atoms with E-state index in [1.165, 1.54) is 7.11 Å². The predicted molar refractivity (Wildman–Crippen MR) is 63.0 cm³/mol. The summed E-state index contributed by atoms with van der Waals surface area (Å²) in [7, 11) is -2.70. The highest BCUT2D eigenvalue weighted by atomic mass is 32.2. The van der Waals surface area contributed by atoms with E-state index in [1.54, 1.807) is 6.92 Å². The molecule has 1 atom stereocenters. The van der Waals surface area contributed by atoms with Gasteiger partial charge in [-0.1, -0.05) is 6.92 Å². The third-order valence-corrected chi connectivity index (χ3v) is 3.18. The Kier molecular flexibility index (Phi) is 7.48. The second kappa shape index (κ2) is 8.01. The lowest BCUT2D eigenvalue weighted by Gasteiger charge is -2.14. The number of hydrogen-bond acceptors (Lipinski definition) is 5. The van der Waals surface area contributed by atoms with Crippen LogP contribution in [0, 0.1) is 0 Å². The van der Waals surface area contributed by atoms with Crippen molar-refractivity contribution in [1.29, 1.82) is 0 Å². The van der Waals surface area contributed by atoms with Crippen LogP contribution in [0.15, 0.2) is 0 Å². The zero-order valence-electron chi connectivity index (χ0n) is 10.3. The molecule has 0 aliphatic rings. The molecule has 0 rings (SSSR count). The zero-order valence-corrected chi connectivity index (χ0v) is 11.1. The Morgan fingerprint density at radius 1 is 1.39 bits per heavy atom. The van der Waals surface area contributed by atoms with Crippen LogP contribution in [-0.4, -0.2) is 45.2 Å². The molecule has 3 N–H and O–H groups in total. The Bertz CT molecular complexity index is 381. The molecule has 0 spiro atoms. The monoisotopic (exact) mass is 282 g/mol. The number of methoxy groups -OCH3 is 1. The molecule has 0 radical (unpaired) electrons. The number of hydrogen-bond donors (Lipinski definition) is 3. The molecule has 0 unspecified atom stereocenters. The molecule has 106 valence electrons. The minimum atomic E-state index is -3.88. The Labute approximate surface area is 106 Å². The van der Waals surface area contributed by atoms with Crippen molar-refractivity contribution in [2.45, 2.75) is 32.2 Å². The fraction of sp³-hybridized carbons (Fsp3) is 0.778. The molecule has 8 nitrogen and oxygen atoms in total. The highest BCUT2D eigenvalue weighted by Gasteiger charge is 2.24. The zero-order chi connectivity index (χ0) is 14.2. The molecular weight excluding hydrogens is 264 g/mol. The van der Waals surface area contributed by atoms with Crippen molar-refractivity contribution in [3.8, 4) is 0 Å². The quantitative estimate of drug-likeness (QED) is 0.477. The first-order chi connectivity index (χ1) is 8.32. The van der Waals surface area contributed by atoms with Crippen molar-refractivity contribution in [2.75, 3.05) is 13.7 Å². The molecule has 0 aliphatic heterocycles. The number of carbonyl (C=O) groups is 2. The molecule has 0 bridgehead atoms. The van der Waals surface area contributed by atoms with Crippen molar-refractivity contribution in [1.82, 2.24) is 9.44 Å². The van der Waals surface area contributed by atoms with E-state index < -0.39 is 28.2 Å². The molecule has 0 aromatic carbocycles. The molecule has 0 amide bonds. The molecule has 0 heterocycles. The third-order valence-electron chi connectivity index (χ3n) is 2.00. The summed E-state index contributed by atoms with van der Waals surface area (Å²) in [4.78, 5) is 21.7. The fourth-order valence-corrected chi connectivity index (χ4v) is 2.21. The number of ether oxygens (including phenoxy) is 1. The predicted octanol–water partition coefficient (Wildman–Crippen LogP) is -0.773. The van der Waals surface area contributed by atoms with E-state index in [2.05, 4.69) is 9.46 Å². The number of nitrogens with one attached hydrogen (secondary N) is 2. The van der Waals surface area contributed by atoms with Gasteiger partial charge in [0, 0.05) is 13.0 Å². The van der Waals surface area contributed by atoms with Gasteiger partial charge in [0.1, 0.15) is 6.04 Å². The lowest BCUT2D eigenvalue weighted by atomic mass is 10.2. The molecule has 0 aromatic heterocycles. The number of carboxylic acids is 1. The van der Waals surface area contributed by atoms with Crippen LogP contribution in [0.5, 0.6) is 0 Å². The molecule has 0 fully saturated rings. The summed E-state index contributed by atoms with van der Waals surface area (Å²) < 4.78 is 31.3. The highest BCUT2D eigenvalue weighted by Crippen LogP contribution is 2.01. The van der Waals surface area contributed by atoms with Crippen LogP contribution in [0.3, 0.4) is 0 Å². The van der Waals surface area contributed by atoms with E-state index in [0.717, 1.165) is 0 Å². The van der Waals surface area contributed by atoms with Crippen molar-refractivity contribution in [3.05, 3.63) is 0 Å². The Morgan fingerprint density at radius 2 is 2.00 bits per heavy atom. The second-order valence-electron chi connectivity index (χ2n) is 3.52. The van der Waals surface area contributed by atoms with Gasteiger partial charge in [-0.3, -0.25) is 9.59 Å². The molecule has 18 heavy (non-hydrogen) atoms. The van der Waals surface area contributed by atoms with Crippen LogP contribution >= 0.6 is 0 Å². The third kappa shape index (κ3) is 7.20. The van der Waals surface area contributed by atoms with E-state index in [9.17, 15) is 18.0 Å². The van der Waals surface area contributed by atoms with Gasteiger partial charge in [-0.05, 0) is 12.8 Å². The van der Waals surface area contributed by atoms with E-state index in [4.69, 9.17) is 5.11 Å². The lowest BCUT2D eigenvalue weighted by molar-refractivity contribution is -0.142. The summed E-state index contributed by atoms with van der Waals surface area (Å²) in [6.45, 7) is 1.98. The summed E-state index contributed by atoms with van der Waals surface area (Å²) >= 11 is 0. The van der Waals surface area contributed by atoms with E-state index in [1.807, 2.05) is 4.72 Å². The average molecular weight is 282 g/mol. The number of esters is 1. The van der Waals surface area contributed by atoms with E-state index >= 15 is 0 Å². The summed E-state index contributed by atoms with van der Waals surface area (Å²) in [6.07, 6.45) is 0.236. The first kappa shape index (κ1) is 16.8. The number of aliphatic carboxylic acids is 1. The maximum atomic E-state index is 11.4. The lowest BCUT2D eigenvalue weighted by Crippen LogP contribution is -2.46. The van der Waals surface area contributed by atoms with Crippen molar-refractivity contribution in [2.24, 2.45) is 0 Å². The molecular formula is C9H18N2O6S. The Hall–Kier alpha value is -1.19. The maximum absolute atomic E-state index is 11.4. The second-order valence-corrected chi connectivity index (χ2v) is 5.05. The highest BCUT2D eigenvalue weighted by molar-refractivity contribution is 7.87. The van der Waals surface area contributed by atoms with Gasteiger partial charge in [0.05, 0.1) is 7.11 Å². The number of carboxylic acid groups (broad SMARTS) is 1. The first-order valence-electron chi connectivity index (χ1n) is 5.39. The van der Waals surface area contributed by atoms with Crippen LogP contribution in [0.25, 0.3) is 0 Å². The molecule has 0 saturated heterocycles. The van der Waals surface area contributed by atoms with E-state index in [-0.39, 0.29) is 19.4 Å². The standard InChI is InChI=1S/C9H18N2O6S/c1-3-6-10-18(15,16)11-7(9(13)14)4-5-8(12)17-2/h7,10-11H,3-6H2,1-2H3,(H,13,14)/t7-/m0/s1. The van der Waals surface area contributed by atoms with Gasteiger partial charge < -0.3 is 9.84 Å². The van der Waals surface area contributed by atoms with Crippen molar-refractivity contribution >= 4 is 22.1 Å². The largest absolute Gasteiger partial charge is 0.480 e. The number of carbonyl (C=O) groups excluding carboxylic acids is 1.